The Kier molecular flexibility index (Phi) is 5.19. The normalized spacial score (nSPS) is 22.0. The van der Waals surface area contributed by atoms with Crippen LogP contribution in [0.15, 0.2) is 30.3 Å². The first-order valence-corrected chi connectivity index (χ1v) is 9.31. The zero-order valence-corrected chi connectivity index (χ0v) is 15.9. The van der Waals surface area contributed by atoms with Crippen LogP contribution in [0.1, 0.15) is 57.2 Å². The Balaban J connectivity index is 1.87. The molecule has 0 spiro atoms. The van der Waals surface area contributed by atoms with Crippen molar-refractivity contribution in [1.82, 2.24) is 9.80 Å². The largest absolute Gasteiger partial charge is 0.444 e. The molecule has 0 bridgehead atoms. The van der Waals surface area contributed by atoms with Crippen molar-refractivity contribution < 1.29 is 9.53 Å². The van der Waals surface area contributed by atoms with E-state index in [2.05, 4.69) is 42.3 Å². The zero-order valence-electron chi connectivity index (χ0n) is 15.9. The van der Waals surface area contributed by atoms with E-state index < -0.39 is 5.60 Å². The molecule has 3 rings (SSSR count). The Labute approximate surface area is 151 Å². The number of amides is 1. The summed E-state index contributed by atoms with van der Waals surface area (Å²) in [4.78, 5) is 16.9. The highest BCUT2D eigenvalue weighted by atomic mass is 16.6. The molecule has 25 heavy (non-hydrogen) atoms. The fraction of sp³-hybridized carbons (Fsp3) is 0.571. The molecule has 0 saturated carbocycles. The number of rotatable bonds is 2. The van der Waals surface area contributed by atoms with Gasteiger partial charge in [0.2, 0.25) is 0 Å². The number of carbonyl (C=O) groups excluding carboxylic acids is 1. The summed E-state index contributed by atoms with van der Waals surface area (Å²) in [7, 11) is 2.15. The van der Waals surface area contributed by atoms with Crippen LogP contribution in [0.3, 0.4) is 0 Å². The van der Waals surface area contributed by atoms with Crippen LogP contribution in [0.5, 0.6) is 0 Å². The molecule has 136 valence electrons. The van der Waals surface area contributed by atoms with Gasteiger partial charge in [-0.3, -0.25) is 0 Å². The fourth-order valence-electron chi connectivity index (χ4n) is 3.72. The van der Waals surface area contributed by atoms with E-state index in [4.69, 9.17) is 4.74 Å². The summed E-state index contributed by atoms with van der Waals surface area (Å²) in [6.07, 6.45) is 5.23. The van der Waals surface area contributed by atoms with Gasteiger partial charge in [0.25, 0.3) is 0 Å². The van der Waals surface area contributed by atoms with Gasteiger partial charge in [0.15, 0.2) is 0 Å². The lowest BCUT2D eigenvalue weighted by Crippen LogP contribution is -2.36. The minimum atomic E-state index is -0.458. The number of benzene rings is 1. The van der Waals surface area contributed by atoms with Crippen LogP contribution < -0.4 is 0 Å². The molecule has 2 aliphatic rings. The Morgan fingerprint density at radius 2 is 1.96 bits per heavy atom. The van der Waals surface area contributed by atoms with Crippen molar-refractivity contribution in [3.8, 4) is 0 Å². The van der Waals surface area contributed by atoms with Crippen molar-refractivity contribution in [3.63, 3.8) is 0 Å². The van der Waals surface area contributed by atoms with Gasteiger partial charge in [0, 0.05) is 19.6 Å². The molecule has 1 saturated heterocycles. The SMILES string of the molecule is CN1CC=C(c2ccccc2C2CCCN2C(=O)OC(C)(C)C)CC1. The molecule has 4 nitrogen and oxygen atoms in total. The van der Waals surface area contributed by atoms with Gasteiger partial charge < -0.3 is 14.5 Å². The van der Waals surface area contributed by atoms with Gasteiger partial charge in [0.1, 0.15) is 5.60 Å². The minimum absolute atomic E-state index is 0.117. The molecule has 1 amide bonds. The monoisotopic (exact) mass is 342 g/mol. The zero-order chi connectivity index (χ0) is 18.0. The summed E-state index contributed by atoms with van der Waals surface area (Å²) < 4.78 is 5.64. The smallest absolute Gasteiger partial charge is 0.410 e. The Hall–Kier alpha value is -1.81. The van der Waals surface area contributed by atoms with E-state index in [-0.39, 0.29) is 12.1 Å². The van der Waals surface area contributed by atoms with E-state index >= 15 is 0 Å². The van der Waals surface area contributed by atoms with Crippen molar-refractivity contribution in [1.29, 1.82) is 0 Å². The van der Waals surface area contributed by atoms with E-state index in [1.165, 1.54) is 16.7 Å². The lowest BCUT2D eigenvalue weighted by atomic mass is 9.90. The van der Waals surface area contributed by atoms with Crippen LogP contribution in [-0.4, -0.2) is 48.2 Å². The van der Waals surface area contributed by atoms with Crippen LogP contribution in [0, 0.1) is 0 Å². The molecule has 0 radical (unpaired) electrons. The van der Waals surface area contributed by atoms with Crippen LogP contribution >= 0.6 is 0 Å². The number of ether oxygens (including phenoxy) is 1. The standard InChI is InChI=1S/C21H30N2O2/c1-21(2,3)25-20(24)23-13-7-10-19(23)18-9-6-5-8-17(18)16-11-14-22(4)15-12-16/h5-6,8-9,11,19H,7,10,12-15H2,1-4H3. The molecule has 0 N–H and O–H groups in total. The molecular formula is C21H30N2O2. The molecule has 1 fully saturated rings. The van der Waals surface area contributed by atoms with Gasteiger partial charge in [-0.2, -0.15) is 0 Å². The topological polar surface area (TPSA) is 32.8 Å². The average molecular weight is 342 g/mol. The van der Waals surface area contributed by atoms with Crippen LogP contribution in [0.25, 0.3) is 5.57 Å². The van der Waals surface area contributed by atoms with E-state index in [1.807, 2.05) is 25.7 Å². The maximum Gasteiger partial charge on any atom is 0.410 e. The molecule has 1 aromatic rings. The summed E-state index contributed by atoms with van der Waals surface area (Å²) in [6.45, 7) is 8.62. The summed E-state index contributed by atoms with van der Waals surface area (Å²) in [5, 5.41) is 0. The average Bonchev–Trinajstić information content (AvgIpc) is 3.04. The van der Waals surface area contributed by atoms with E-state index in [1.54, 1.807) is 0 Å². The molecule has 2 aliphatic heterocycles. The predicted molar refractivity (Wildman–Crippen MR) is 101 cm³/mol. The highest BCUT2D eigenvalue weighted by Crippen LogP contribution is 2.38. The van der Waals surface area contributed by atoms with Crippen LogP contribution in [0.2, 0.25) is 0 Å². The van der Waals surface area contributed by atoms with Crippen molar-refractivity contribution in [3.05, 3.63) is 41.5 Å². The molecule has 4 heteroatoms. The Morgan fingerprint density at radius 1 is 1.20 bits per heavy atom. The number of hydrogen-bond donors (Lipinski definition) is 0. The minimum Gasteiger partial charge on any atom is -0.444 e. The predicted octanol–water partition coefficient (Wildman–Crippen LogP) is 4.48. The summed E-state index contributed by atoms with van der Waals surface area (Å²) in [5.41, 5.74) is 3.52. The van der Waals surface area contributed by atoms with E-state index in [0.717, 1.165) is 38.9 Å². The Morgan fingerprint density at radius 3 is 2.64 bits per heavy atom. The Bertz CT molecular complexity index is 660. The van der Waals surface area contributed by atoms with Crippen LogP contribution in [-0.2, 0) is 4.74 Å². The van der Waals surface area contributed by atoms with Crippen molar-refractivity contribution in [2.75, 3.05) is 26.7 Å². The third-order valence-corrected chi connectivity index (χ3v) is 4.96. The molecule has 0 aliphatic carbocycles. The molecule has 0 aromatic heterocycles. The fourth-order valence-corrected chi connectivity index (χ4v) is 3.72. The second-order valence-electron chi connectivity index (χ2n) is 8.16. The molecule has 2 heterocycles. The summed E-state index contributed by atoms with van der Waals surface area (Å²) in [6, 6.07) is 8.69. The highest BCUT2D eigenvalue weighted by molar-refractivity contribution is 5.73. The number of likely N-dealkylation sites (tertiary alicyclic amines) is 1. The number of hydrogen-bond acceptors (Lipinski definition) is 3. The summed E-state index contributed by atoms with van der Waals surface area (Å²) in [5.74, 6) is 0. The van der Waals surface area contributed by atoms with E-state index in [0.29, 0.717) is 0 Å². The van der Waals surface area contributed by atoms with Gasteiger partial charge in [0.05, 0.1) is 6.04 Å². The van der Waals surface area contributed by atoms with E-state index in [9.17, 15) is 4.79 Å². The van der Waals surface area contributed by atoms with Crippen molar-refractivity contribution in [2.45, 2.75) is 51.7 Å². The van der Waals surface area contributed by atoms with Crippen molar-refractivity contribution in [2.24, 2.45) is 0 Å². The first-order valence-electron chi connectivity index (χ1n) is 9.31. The van der Waals surface area contributed by atoms with Crippen LogP contribution in [0.4, 0.5) is 4.79 Å². The third kappa shape index (κ3) is 4.24. The van der Waals surface area contributed by atoms with Crippen molar-refractivity contribution >= 4 is 11.7 Å². The highest BCUT2D eigenvalue weighted by Gasteiger charge is 2.34. The van der Waals surface area contributed by atoms with Gasteiger partial charge in [-0.15, -0.1) is 0 Å². The lowest BCUT2D eigenvalue weighted by molar-refractivity contribution is 0.0224. The first-order chi connectivity index (χ1) is 11.8. The third-order valence-electron chi connectivity index (χ3n) is 4.96. The maximum absolute atomic E-state index is 12.7. The second kappa shape index (κ2) is 7.20. The summed E-state index contributed by atoms with van der Waals surface area (Å²) >= 11 is 0. The first kappa shape index (κ1) is 18.0. The number of nitrogens with zero attached hydrogens (tertiary/aromatic N) is 2. The quantitative estimate of drug-likeness (QED) is 0.794. The van der Waals surface area contributed by atoms with Gasteiger partial charge in [-0.1, -0.05) is 30.3 Å². The molecule has 1 atom stereocenters. The second-order valence-corrected chi connectivity index (χ2v) is 8.16. The lowest BCUT2D eigenvalue weighted by Gasteiger charge is -2.31. The van der Waals surface area contributed by atoms with Gasteiger partial charge >= 0.3 is 6.09 Å². The van der Waals surface area contributed by atoms with Gasteiger partial charge in [-0.05, 0) is 63.8 Å². The maximum atomic E-state index is 12.7. The molecule has 1 unspecified atom stereocenters. The molecular weight excluding hydrogens is 312 g/mol. The number of carbonyl (C=O) groups is 1. The number of likely N-dealkylation sites (N-methyl/N-ethyl adjacent to an activating group) is 1. The van der Waals surface area contributed by atoms with Gasteiger partial charge in [-0.25, -0.2) is 4.79 Å². The molecule has 1 aromatic carbocycles.